The maximum absolute atomic E-state index is 12.1. The van der Waals surface area contributed by atoms with E-state index in [4.69, 9.17) is 5.73 Å². The smallest absolute Gasteiger partial charge is 0.251 e. The molecule has 5 heteroatoms. The summed E-state index contributed by atoms with van der Waals surface area (Å²) < 4.78 is 0. The monoisotopic (exact) mass is 277 g/mol. The maximum atomic E-state index is 12.1. The van der Waals surface area contributed by atoms with E-state index in [0.717, 1.165) is 12.0 Å². The van der Waals surface area contributed by atoms with Gasteiger partial charge in [-0.1, -0.05) is 12.1 Å². The molecule has 1 aromatic rings. The number of carbonyl (C=O) groups excluding carboxylic acids is 2. The van der Waals surface area contributed by atoms with Gasteiger partial charge in [0.1, 0.15) is 6.04 Å². The van der Waals surface area contributed by atoms with Crippen LogP contribution in [0.3, 0.4) is 0 Å². The summed E-state index contributed by atoms with van der Waals surface area (Å²) in [5.74, 6) is -0.443. The topological polar surface area (TPSA) is 84.2 Å². The number of amides is 2. The summed E-state index contributed by atoms with van der Waals surface area (Å²) in [6, 6.07) is 6.76. The predicted octanol–water partition coefficient (Wildman–Crippen LogP) is 0.831. The summed E-state index contributed by atoms with van der Waals surface area (Å²) >= 11 is 0. The number of benzene rings is 1. The van der Waals surface area contributed by atoms with E-state index >= 15 is 0 Å². The Bertz CT molecular complexity index is 472. The van der Waals surface area contributed by atoms with Gasteiger partial charge in [0.2, 0.25) is 5.91 Å². The Morgan fingerprint density at radius 1 is 1.20 bits per heavy atom. The first-order valence-electron chi connectivity index (χ1n) is 6.84. The van der Waals surface area contributed by atoms with Gasteiger partial charge < -0.3 is 16.4 Å². The first kappa shape index (κ1) is 16.2. The zero-order valence-electron chi connectivity index (χ0n) is 12.3. The molecule has 0 aliphatic carbocycles. The van der Waals surface area contributed by atoms with Gasteiger partial charge in [0.05, 0.1) is 0 Å². The van der Waals surface area contributed by atoms with E-state index in [2.05, 4.69) is 10.6 Å². The molecule has 0 bridgehead atoms. The average molecular weight is 277 g/mol. The van der Waals surface area contributed by atoms with Crippen molar-refractivity contribution in [1.82, 2.24) is 10.6 Å². The molecule has 0 radical (unpaired) electrons. The van der Waals surface area contributed by atoms with Crippen molar-refractivity contribution in [1.29, 1.82) is 0 Å². The van der Waals surface area contributed by atoms with Crippen molar-refractivity contribution in [2.24, 2.45) is 5.73 Å². The Morgan fingerprint density at radius 2 is 1.90 bits per heavy atom. The first-order valence-corrected chi connectivity index (χ1v) is 6.84. The molecule has 1 rings (SSSR count). The molecule has 1 atom stereocenters. The Morgan fingerprint density at radius 3 is 2.50 bits per heavy atom. The van der Waals surface area contributed by atoms with Gasteiger partial charge in [-0.2, -0.15) is 0 Å². The van der Waals surface area contributed by atoms with Crippen LogP contribution in [-0.2, 0) is 11.2 Å². The van der Waals surface area contributed by atoms with Gasteiger partial charge in [-0.25, -0.2) is 0 Å². The number of nitrogens with two attached hydrogens (primary N) is 1. The molecule has 0 saturated carbocycles. The first-order chi connectivity index (χ1) is 9.43. The van der Waals surface area contributed by atoms with Crippen LogP contribution in [0, 0.1) is 0 Å². The quantitative estimate of drug-likeness (QED) is 0.720. The molecule has 0 aliphatic heterocycles. The van der Waals surface area contributed by atoms with Crippen LogP contribution in [0.5, 0.6) is 0 Å². The normalized spacial score (nSPS) is 12.1. The van der Waals surface area contributed by atoms with E-state index in [0.29, 0.717) is 12.1 Å². The fourth-order valence-corrected chi connectivity index (χ4v) is 1.79. The van der Waals surface area contributed by atoms with E-state index in [1.54, 1.807) is 19.1 Å². The molecule has 1 aromatic carbocycles. The largest absolute Gasteiger partial charge is 0.352 e. The van der Waals surface area contributed by atoms with Gasteiger partial charge in [0.15, 0.2) is 0 Å². The van der Waals surface area contributed by atoms with E-state index in [1.807, 2.05) is 26.0 Å². The van der Waals surface area contributed by atoms with E-state index in [9.17, 15) is 9.59 Å². The lowest BCUT2D eigenvalue weighted by Crippen LogP contribution is -2.46. The van der Waals surface area contributed by atoms with Crippen molar-refractivity contribution in [3.8, 4) is 0 Å². The molecular weight excluding hydrogens is 254 g/mol. The lowest BCUT2D eigenvalue weighted by Gasteiger charge is -2.16. The Labute approximate surface area is 119 Å². The van der Waals surface area contributed by atoms with Crippen molar-refractivity contribution in [3.63, 3.8) is 0 Å². The van der Waals surface area contributed by atoms with Gasteiger partial charge in [0, 0.05) is 11.6 Å². The standard InChI is InChI=1S/C15H23N3O2/c1-10(2)17-14(19)11(3)18-15(20)13-6-4-5-12(9-13)7-8-16/h4-6,9-11H,7-8,16H2,1-3H3,(H,17,19)(H,18,20). The number of hydrogen-bond acceptors (Lipinski definition) is 3. The third-order valence-electron chi connectivity index (χ3n) is 2.79. The fourth-order valence-electron chi connectivity index (χ4n) is 1.79. The molecule has 20 heavy (non-hydrogen) atoms. The van der Waals surface area contributed by atoms with Crippen LogP contribution in [0.1, 0.15) is 36.7 Å². The van der Waals surface area contributed by atoms with Gasteiger partial charge in [-0.05, 0) is 51.4 Å². The SMILES string of the molecule is CC(C)NC(=O)C(C)NC(=O)c1cccc(CCN)c1. The molecule has 1 unspecified atom stereocenters. The van der Waals surface area contributed by atoms with Crippen LogP contribution in [0.4, 0.5) is 0 Å². The van der Waals surface area contributed by atoms with Crippen molar-refractivity contribution in [3.05, 3.63) is 35.4 Å². The second-order valence-electron chi connectivity index (χ2n) is 5.10. The minimum Gasteiger partial charge on any atom is -0.352 e. The van der Waals surface area contributed by atoms with Crippen LogP contribution in [-0.4, -0.2) is 30.4 Å². The van der Waals surface area contributed by atoms with Crippen molar-refractivity contribution in [2.45, 2.75) is 39.3 Å². The number of carbonyl (C=O) groups is 2. The van der Waals surface area contributed by atoms with E-state index in [1.165, 1.54) is 0 Å². The summed E-state index contributed by atoms with van der Waals surface area (Å²) in [6.07, 6.45) is 0.727. The molecule has 0 spiro atoms. The summed E-state index contributed by atoms with van der Waals surface area (Å²) in [7, 11) is 0. The highest BCUT2D eigenvalue weighted by Crippen LogP contribution is 2.06. The van der Waals surface area contributed by atoms with Crippen LogP contribution in [0.25, 0.3) is 0 Å². The molecule has 0 aliphatic rings. The molecule has 110 valence electrons. The third kappa shape index (κ3) is 5.01. The average Bonchev–Trinajstić information content (AvgIpc) is 2.38. The van der Waals surface area contributed by atoms with Crippen LogP contribution in [0.2, 0.25) is 0 Å². The van der Waals surface area contributed by atoms with E-state index < -0.39 is 6.04 Å². The predicted molar refractivity (Wildman–Crippen MR) is 79.4 cm³/mol. The zero-order chi connectivity index (χ0) is 15.1. The van der Waals surface area contributed by atoms with Crippen molar-refractivity contribution in [2.75, 3.05) is 6.54 Å². The van der Waals surface area contributed by atoms with Gasteiger partial charge >= 0.3 is 0 Å². The van der Waals surface area contributed by atoms with Crippen LogP contribution in [0.15, 0.2) is 24.3 Å². The molecule has 0 saturated heterocycles. The second-order valence-corrected chi connectivity index (χ2v) is 5.10. The molecule has 4 N–H and O–H groups in total. The highest BCUT2D eigenvalue weighted by Gasteiger charge is 2.17. The highest BCUT2D eigenvalue weighted by molar-refractivity contribution is 5.97. The molecule has 2 amide bonds. The van der Waals surface area contributed by atoms with Crippen molar-refractivity contribution < 1.29 is 9.59 Å². The van der Waals surface area contributed by atoms with Gasteiger partial charge in [-0.15, -0.1) is 0 Å². The number of nitrogens with one attached hydrogen (secondary N) is 2. The number of hydrogen-bond donors (Lipinski definition) is 3. The summed E-state index contributed by atoms with van der Waals surface area (Å²) in [5, 5.41) is 5.45. The lowest BCUT2D eigenvalue weighted by atomic mass is 10.1. The van der Waals surface area contributed by atoms with Gasteiger partial charge in [0.25, 0.3) is 5.91 Å². The Balaban J connectivity index is 2.66. The Kier molecular flexibility index (Phi) is 6.18. The van der Waals surface area contributed by atoms with Crippen LogP contribution >= 0.6 is 0 Å². The Hall–Kier alpha value is -1.88. The van der Waals surface area contributed by atoms with Crippen molar-refractivity contribution >= 4 is 11.8 Å². The zero-order valence-corrected chi connectivity index (χ0v) is 12.3. The molecule has 0 fully saturated rings. The molecule has 0 aromatic heterocycles. The minimum atomic E-state index is -0.567. The molecular formula is C15H23N3O2. The van der Waals surface area contributed by atoms with Crippen LogP contribution < -0.4 is 16.4 Å². The number of rotatable bonds is 6. The van der Waals surface area contributed by atoms with E-state index in [-0.39, 0.29) is 17.9 Å². The second kappa shape index (κ2) is 7.65. The highest BCUT2D eigenvalue weighted by atomic mass is 16.2. The van der Waals surface area contributed by atoms with Gasteiger partial charge in [-0.3, -0.25) is 9.59 Å². The lowest BCUT2D eigenvalue weighted by molar-refractivity contribution is -0.123. The molecule has 5 nitrogen and oxygen atoms in total. The maximum Gasteiger partial charge on any atom is 0.251 e. The summed E-state index contributed by atoms with van der Waals surface area (Å²) in [6.45, 7) is 5.96. The molecule has 0 heterocycles. The summed E-state index contributed by atoms with van der Waals surface area (Å²) in [5.41, 5.74) is 7.06. The summed E-state index contributed by atoms with van der Waals surface area (Å²) in [4.78, 5) is 23.8. The minimum absolute atomic E-state index is 0.0507. The fraction of sp³-hybridized carbons (Fsp3) is 0.467. The third-order valence-corrected chi connectivity index (χ3v) is 2.79.